The maximum absolute atomic E-state index is 8.02. The van der Waals surface area contributed by atoms with Crippen LogP contribution in [0.2, 0.25) is 0 Å². The number of hydrogen-bond acceptors (Lipinski definition) is 1. The van der Waals surface area contributed by atoms with Gasteiger partial charge in [-0.2, -0.15) is 0 Å². The summed E-state index contributed by atoms with van der Waals surface area (Å²) in [6.45, 7) is 0. The average Bonchev–Trinajstić information content (AvgIpc) is 2.49. The maximum Gasteiger partial charge on any atom is 0.00957 e. The molecule has 96 valence electrons. The van der Waals surface area contributed by atoms with Crippen molar-refractivity contribution in [2.75, 3.05) is 0 Å². The Hall–Kier alpha value is -1.89. The van der Waals surface area contributed by atoms with Crippen molar-refractivity contribution >= 4 is 5.71 Å². The molecular formula is C18H19N. The molecule has 1 aliphatic rings. The Balaban J connectivity index is 1.95. The molecule has 0 saturated heterocycles. The molecule has 2 aromatic carbocycles. The maximum atomic E-state index is 8.02. The normalized spacial score (nSPS) is 23.3. The molecule has 0 radical (unpaired) electrons. The van der Waals surface area contributed by atoms with Gasteiger partial charge in [-0.3, -0.25) is 0 Å². The van der Waals surface area contributed by atoms with Gasteiger partial charge in [0.05, 0.1) is 0 Å². The minimum absolute atomic E-state index is 0.463. The fraction of sp³-hybridized carbons (Fsp3) is 0.278. The van der Waals surface area contributed by atoms with Crippen molar-refractivity contribution in [3.8, 4) is 0 Å². The highest BCUT2D eigenvalue weighted by molar-refractivity contribution is 5.83. The van der Waals surface area contributed by atoms with Crippen molar-refractivity contribution in [3.63, 3.8) is 0 Å². The molecule has 0 amide bonds. The summed E-state index contributed by atoms with van der Waals surface area (Å²) in [5.41, 5.74) is 3.70. The molecule has 3 rings (SSSR count). The summed E-state index contributed by atoms with van der Waals surface area (Å²) >= 11 is 0. The van der Waals surface area contributed by atoms with Gasteiger partial charge in [0, 0.05) is 5.71 Å². The first-order valence-corrected chi connectivity index (χ1v) is 7.01. The van der Waals surface area contributed by atoms with E-state index in [1.165, 1.54) is 11.1 Å². The molecule has 1 heteroatoms. The molecule has 2 aromatic rings. The van der Waals surface area contributed by atoms with Crippen LogP contribution in [-0.2, 0) is 0 Å². The smallest absolute Gasteiger partial charge is 0.00957 e. The monoisotopic (exact) mass is 249 g/mol. The summed E-state index contributed by atoms with van der Waals surface area (Å²) in [5, 5.41) is 8.02. The van der Waals surface area contributed by atoms with Crippen LogP contribution in [0.4, 0.5) is 0 Å². The molecule has 19 heavy (non-hydrogen) atoms. The molecule has 1 N–H and O–H groups in total. The lowest BCUT2D eigenvalue weighted by Crippen LogP contribution is -2.21. The molecule has 2 atom stereocenters. The average molecular weight is 249 g/mol. The SMILES string of the molecule is N=C1CCC(c2ccccc2)C(c2ccccc2)C1. The van der Waals surface area contributed by atoms with Gasteiger partial charge in [-0.25, -0.2) is 0 Å². The molecule has 2 unspecified atom stereocenters. The lowest BCUT2D eigenvalue weighted by molar-refractivity contribution is 0.490. The van der Waals surface area contributed by atoms with Crippen molar-refractivity contribution in [1.82, 2.24) is 0 Å². The first-order valence-electron chi connectivity index (χ1n) is 7.01. The van der Waals surface area contributed by atoms with E-state index in [2.05, 4.69) is 60.7 Å². The van der Waals surface area contributed by atoms with Gasteiger partial charge in [-0.05, 0) is 42.2 Å². The Morgan fingerprint density at radius 3 is 1.84 bits per heavy atom. The summed E-state index contributed by atoms with van der Waals surface area (Å²) in [6.07, 6.45) is 2.95. The van der Waals surface area contributed by atoms with Crippen molar-refractivity contribution in [3.05, 3.63) is 71.8 Å². The Bertz CT molecular complexity index is 544. The van der Waals surface area contributed by atoms with E-state index in [1.54, 1.807) is 0 Å². The van der Waals surface area contributed by atoms with Crippen LogP contribution < -0.4 is 0 Å². The molecule has 1 aliphatic carbocycles. The van der Waals surface area contributed by atoms with Crippen molar-refractivity contribution < 1.29 is 0 Å². The number of hydrogen-bond donors (Lipinski definition) is 1. The van der Waals surface area contributed by atoms with E-state index in [0.717, 1.165) is 25.0 Å². The van der Waals surface area contributed by atoms with Crippen molar-refractivity contribution in [2.45, 2.75) is 31.1 Å². The second-order valence-electron chi connectivity index (χ2n) is 5.38. The van der Waals surface area contributed by atoms with E-state index in [1.807, 2.05) is 0 Å². The summed E-state index contributed by atoms with van der Waals surface area (Å²) in [6, 6.07) is 21.5. The van der Waals surface area contributed by atoms with Crippen molar-refractivity contribution in [1.29, 1.82) is 5.41 Å². The van der Waals surface area contributed by atoms with E-state index >= 15 is 0 Å². The minimum Gasteiger partial charge on any atom is -0.310 e. The van der Waals surface area contributed by atoms with Crippen LogP contribution in [0, 0.1) is 5.41 Å². The Morgan fingerprint density at radius 2 is 1.26 bits per heavy atom. The van der Waals surface area contributed by atoms with Crippen LogP contribution in [0.25, 0.3) is 0 Å². The van der Waals surface area contributed by atoms with Gasteiger partial charge >= 0.3 is 0 Å². The van der Waals surface area contributed by atoms with Crippen LogP contribution in [0.5, 0.6) is 0 Å². The van der Waals surface area contributed by atoms with E-state index < -0.39 is 0 Å². The quantitative estimate of drug-likeness (QED) is 0.793. The molecule has 1 fully saturated rings. The fourth-order valence-corrected chi connectivity index (χ4v) is 3.19. The zero-order valence-corrected chi connectivity index (χ0v) is 11.0. The van der Waals surface area contributed by atoms with Crippen LogP contribution in [0.1, 0.15) is 42.2 Å². The molecule has 1 nitrogen and oxygen atoms in total. The molecule has 0 heterocycles. The van der Waals surface area contributed by atoms with E-state index in [9.17, 15) is 0 Å². The third kappa shape index (κ3) is 2.60. The molecule has 0 aliphatic heterocycles. The molecule has 0 bridgehead atoms. The largest absolute Gasteiger partial charge is 0.310 e. The lowest BCUT2D eigenvalue weighted by Gasteiger charge is -2.32. The fourth-order valence-electron chi connectivity index (χ4n) is 3.19. The second-order valence-corrected chi connectivity index (χ2v) is 5.38. The summed E-state index contributed by atoms with van der Waals surface area (Å²) in [5.74, 6) is 1.02. The van der Waals surface area contributed by atoms with Crippen LogP contribution in [0.15, 0.2) is 60.7 Å². The molecule has 0 aromatic heterocycles. The van der Waals surface area contributed by atoms with E-state index in [4.69, 9.17) is 5.41 Å². The van der Waals surface area contributed by atoms with E-state index in [0.29, 0.717) is 11.8 Å². The highest BCUT2D eigenvalue weighted by atomic mass is 14.5. The minimum atomic E-state index is 0.463. The summed E-state index contributed by atoms with van der Waals surface area (Å²) < 4.78 is 0. The second kappa shape index (κ2) is 5.40. The highest BCUT2D eigenvalue weighted by Gasteiger charge is 2.29. The van der Waals surface area contributed by atoms with Gasteiger partial charge in [0.2, 0.25) is 0 Å². The third-order valence-corrected chi connectivity index (χ3v) is 4.16. The Morgan fingerprint density at radius 1 is 0.737 bits per heavy atom. The number of rotatable bonds is 2. The predicted octanol–water partition coefficient (Wildman–Crippen LogP) is 4.76. The summed E-state index contributed by atoms with van der Waals surface area (Å²) in [7, 11) is 0. The topological polar surface area (TPSA) is 23.9 Å². The van der Waals surface area contributed by atoms with Crippen LogP contribution in [0.3, 0.4) is 0 Å². The highest BCUT2D eigenvalue weighted by Crippen LogP contribution is 2.42. The predicted molar refractivity (Wildman–Crippen MR) is 79.9 cm³/mol. The van der Waals surface area contributed by atoms with E-state index in [-0.39, 0.29) is 0 Å². The van der Waals surface area contributed by atoms with Gasteiger partial charge in [0.1, 0.15) is 0 Å². The van der Waals surface area contributed by atoms with Gasteiger partial charge < -0.3 is 5.41 Å². The van der Waals surface area contributed by atoms with Crippen molar-refractivity contribution in [2.24, 2.45) is 0 Å². The van der Waals surface area contributed by atoms with Crippen LogP contribution >= 0.6 is 0 Å². The first kappa shape index (κ1) is 12.2. The molecule has 0 spiro atoms. The zero-order chi connectivity index (χ0) is 13.1. The van der Waals surface area contributed by atoms with Gasteiger partial charge in [-0.15, -0.1) is 0 Å². The van der Waals surface area contributed by atoms with Gasteiger partial charge in [0.25, 0.3) is 0 Å². The molecule has 1 saturated carbocycles. The lowest BCUT2D eigenvalue weighted by atomic mass is 9.72. The Labute approximate surface area is 114 Å². The van der Waals surface area contributed by atoms with Gasteiger partial charge in [-0.1, -0.05) is 60.7 Å². The zero-order valence-electron chi connectivity index (χ0n) is 11.0. The number of nitrogens with one attached hydrogen (secondary N) is 1. The Kier molecular flexibility index (Phi) is 3.45. The standard InChI is InChI=1S/C18H19N/c19-16-11-12-17(14-7-3-1-4-8-14)18(13-16)15-9-5-2-6-10-15/h1-10,17-19H,11-13H2. The van der Waals surface area contributed by atoms with Crippen LogP contribution in [-0.4, -0.2) is 5.71 Å². The third-order valence-electron chi connectivity index (χ3n) is 4.16. The number of benzene rings is 2. The van der Waals surface area contributed by atoms with Gasteiger partial charge in [0.15, 0.2) is 0 Å². The summed E-state index contributed by atoms with van der Waals surface area (Å²) in [4.78, 5) is 0. The first-order chi connectivity index (χ1) is 9.34. The molecular weight excluding hydrogens is 230 g/mol.